The van der Waals surface area contributed by atoms with Crippen LogP contribution in [0.4, 0.5) is 33.0 Å². The van der Waals surface area contributed by atoms with Crippen LogP contribution in [-0.2, 0) is 17.6 Å². The summed E-state index contributed by atoms with van der Waals surface area (Å²) in [6, 6.07) is 1.60. The van der Waals surface area contributed by atoms with Crippen LogP contribution in [0.25, 0.3) is 11.6 Å². The number of methoxy groups -OCH3 is 1. The maximum atomic E-state index is 12.3. The summed E-state index contributed by atoms with van der Waals surface area (Å²) in [6.45, 7) is 6.65. The van der Waals surface area contributed by atoms with Crippen LogP contribution in [0.1, 0.15) is 70.2 Å². The van der Waals surface area contributed by atoms with Gasteiger partial charge in [-0.05, 0) is 49.8 Å². The number of ketones is 1. The molecule has 0 aromatic carbocycles. The van der Waals surface area contributed by atoms with E-state index in [0.717, 1.165) is 35.9 Å². The zero-order valence-electron chi connectivity index (χ0n) is 26.7. The minimum Gasteiger partial charge on any atom is -0.465 e. The molecule has 0 fully saturated rings. The summed E-state index contributed by atoms with van der Waals surface area (Å²) in [4.78, 5) is 33.3. The van der Waals surface area contributed by atoms with E-state index >= 15 is 0 Å². The van der Waals surface area contributed by atoms with E-state index in [1.54, 1.807) is 19.9 Å². The predicted octanol–water partition coefficient (Wildman–Crippen LogP) is 5.24. The second-order valence-electron chi connectivity index (χ2n) is 10.3. The van der Waals surface area contributed by atoms with Crippen molar-refractivity contribution in [3.8, 4) is 11.6 Å². The highest BCUT2D eigenvalue weighted by Gasteiger charge is 2.23. The molecule has 18 nitrogen and oxygen atoms in total. The number of Topliss-reactive ketones (excluding diaryl/α,β-unsaturated/α-hetero) is 1. The van der Waals surface area contributed by atoms with Gasteiger partial charge in [-0.25, -0.2) is 14.8 Å². The third-order valence-corrected chi connectivity index (χ3v) is 8.61. The van der Waals surface area contributed by atoms with Gasteiger partial charge in [0, 0.05) is 6.07 Å². The van der Waals surface area contributed by atoms with Gasteiger partial charge in [-0.1, -0.05) is 26.7 Å². The van der Waals surface area contributed by atoms with E-state index in [1.165, 1.54) is 22.8 Å². The van der Waals surface area contributed by atoms with Crippen LogP contribution in [0.2, 0.25) is 0 Å². The highest BCUT2D eigenvalue weighted by molar-refractivity contribution is 7.10. The van der Waals surface area contributed by atoms with Crippen molar-refractivity contribution < 1.29 is 19.4 Å². The molecule has 5 heterocycles. The number of nitrogens with two attached hydrogens (primary N) is 2. The maximum absolute atomic E-state index is 12.3. The van der Waals surface area contributed by atoms with Gasteiger partial charge in [0.05, 0.1) is 35.4 Å². The minimum absolute atomic E-state index is 0.152. The highest BCUT2D eigenvalue weighted by Crippen LogP contribution is 2.36. The van der Waals surface area contributed by atoms with E-state index in [-0.39, 0.29) is 32.8 Å². The van der Waals surface area contributed by atoms with Crippen LogP contribution in [0, 0.1) is 13.8 Å². The van der Waals surface area contributed by atoms with E-state index in [9.17, 15) is 14.7 Å². The highest BCUT2D eigenvalue weighted by atomic mass is 32.1. The number of hydrogen-bond donors (Lipinski definition) is 3. The third-order valence-electron chi connectivity index (χ3n) is 6.96. The number of hydrogen-bond acceptors (Lipinski definition) is 18. The Balaban J connectivity index is 1.53. The Morgan fingerprint density at radius 2 is 1.31 bits per heavy atom. The predicted molar refractivity (Wildman–Crippen MR) is 178 cm³/mol. The molecule has 0 spiro atoms. The first-order valence-electron chi connectivity index (χ1n) is 14.7. The Bertz CT molecular complexity index is 1900. The van der Waals surface area contributed by atoms with Gasteiger partial charge in [0.2, 0.25) is 0 Å². The number of nitrogen functional groups attached to an aromatic ring is 2. The molecule has 5 aromatic rings. The van der Waals surface area contributed by atoms with E-state index in [4.69, 9.17) is 16.2 Å². The average Bonchev–Trinajstić information content (AvgIpc) is 3.82. The molecule has 5 rings (SSSR count). The monoisotopic (exact) mass is 692 g/mol. The number of nitrogens with zero attached hydrogens (tertiary/aromatic N) is 12. The van der Waals surface area contributed by atoms with Gasteiger partial charge in [-0.3, -0.25) is 4.79 Å². The number of esters is 1. The Morgan fingerprint density at radius 1 is 0.833 bits per heavy atom. The molecular formula is C28H32N14O4S2. The zero-order valence-corrected chi connectivity index (χ0v) is 28.3. The van der Waals surface area contributed by atoms with Crippen molar-refractivity contribution >= 4 is 67.8 Å². The number of carbonyl (C=O) groups excluding carboxylic acids is 2. The van der Waals surface area contributed by atoms with Crippen LogP contribution in [0.5, 0.6) is 0 Å². The normalized spacial score (nSPS) is 11.7. The number of azo groups is 2. The summed E-state index contributed by atoms with van der Waals surface area (Å²) in [6.07, 6.45) is 3.89. The first kappa shape index (κ1) is 34.0. The molecule has 0 amide bonds. The molecule has 0 saturated carbocycles. The molecule has 0 aliphatic rings. The fraction of sp³-hybridized carbons (Fsp3) is 0.357. The molecular weight excluding hydrogens is 661 g/mol. The van der Waals surface area contributed by atoms with Crippen LogP contribution < -0.4 is 11.5 Å². The standard InChI is InChI=1S/C28H32N14O4S2/c1-6-8-15-22(33-35-26-20(17(44)11-43)13(3)39-47-26)24(29)41(37-15)18-10-19(32-12-31-18)42-25(30)23(16(38-42)9-7-2)34-36-27-21(28(45)46-5)14(4)40-48-27/h10,12,43H,6-9,11,29-30H2,1-5H3. The quantitative estimate of drug-likeness (QED) is 0.0813. The van der Waals surface area contributed by atoms with Crippen molar-refractivity contribution in [1.29, 1.82) is 0 Å². The van der Waals surface area contributed by atoms with E-state index in [2.05, 4.69) is 49.4 Å². The van der Waals surface area contributed by atoms with Crippen molar-refractivity contribution in [2.75, 3.05) is 25.2 Å². The first-order chi connectivity index (χ1) is 23.1. The van der Waals surface area contributed by atoms with Crippen LogP contribution >= 0.6 is 23.1 Å². The Hall–Kier alpha value is -5.34. The lowest BCUT2D eigenvalue weighted by molar-refractivity contribution is 0.0601. The smallest absolute Gasteiger partial charge is 0.342 e. The van der Waals surface area contributed by atoms with Crippen molar-refractivity contribution in [3.05, 3.63) is 46.3 Å². The topological polar surface area (TPSA) is 252 Å². The number of aryl methyl sites for hydroxylation is 4. The maximum Gasteiger partial charge on any atom is 0.342 e. The van der Waals surface area contributed by atoms with Crippen LogP contribution in [0.3, 0.4) is 0 Å². The number of aliphatic hydroxyl groups is 1. The van der Waals surface area contributed by atoms with Gasteiger partial charge in [0.1, 0.15) is 18.5 Å². The molecule has 0 saturated heterocycles. The minimum atomic E-state index is -0.674. The number of aromatic nitrogens is 8. The number of carbonyl (C=O) groups is 2. The summed E-state index contributed by atoms with van der Waals surface area (Å²) < 4.78 is 16.1. The van der Waals surface area contributed by atoms with E-state index < -0.39 is 18.4 Å². The summed E-state index contributed by atoms with van der Waals surface area (Å²) in [7, 11) is 1.28. The summed E-state index contributed by atoms with van der Waals surface area (Å²) in [5.74, 6) is -0.141. The van der Waals surface area contributed by atoms with Gasteiger partial charge < -0.3 is 21.3 Å². The first-order valence-corrected chi connectivity index (χ1v) is 16.2. The third kappa shape index (κ3) is 6.57. The fourth-order valence-electron chi connectivity index (χ4n) is 4.67. The van der Waals surface area contributed by atoms with Crippen LogP contribution in [0.15, 0.2) is 32.9 Å². The largest absolute Gasteiger partial charge is 0.465 e. The number of anilines is 2. The van der Waals surface area contributed by atoms with E-state index in [0.29, 0.717) is 58.6 Å². The molecule has 0 unspecified atom stereocenters. The lowest BCUT2D eigenvalue weighted by Crippen LogP contribution is -2.09. The van der Waals surface area contributed by atoms with Gasteiger partial charge in [0.25, 0.3) is 0 Å². The number of ether oxygens (including phenoxy) is 1. The van der Waals surface area contributed by atoms with Gasteiger partial charge in [-0.15, -0.1) is 20.5 Å². The van der Waals surface area contributed by atoms with Gasteiger partial charge in [-0.2, -0.15) is 28.3 Å². The van der Waals surface area contributed by atoms with Crippen molar-refractivity contribution in [2.45, 2.75) is 53.4 Å². The van der Waals surface area contributed by atoms with Gasteiger partial charge in [0.15, 0.2) is 50.4 Å². The summed E-state index contributed by atoms with van der Waals surface area (Å²) >= 11 is 2.01. The summed E-state index contributed by atoms with van der Waals surface area (Å²) in [5, 5.41) is 36.5. The number of rotatable bonds is 13. The molecule has 0 aliphatic heterocycles. The fourth-order valence-corrected chi connectivity index (χ4v) is 6.13. The number of aliphatic hydroxyl groups excluding tert-OH is 1. The second kappa shape index (κ2) is 14.6. The average molecular weight is 693 g/mol. The van der Waals surface area contributed by atoms with Crippen molar-refractivity contribution in [1.82, 2.24) is 38.3 Å². The molecule has 5 aromatic heterocycles. The summed E-state index contributed by atoms with van der Waals surface area (Å²) in [5.41, 5.74) is 16.2. The molecule has 0 bridgehead atoms. The molecule has 0 aliphatic carbocycles. The van der Waals surface area contributed by atoms with Crippen LogP contribution in [-0.4, -0.2) is 68.9 Å². The second-order valence-corrected chi connectivity index (χ2v) is 11.8. The lowest BCUT2D eigenvalue weighted by atomic mass is 10.2. The Labute approximate surface area is 281 Å². The Kier molecular flexibility index (Phi) is 10.4. The molecule has 0 radical (unpaired) electrons. The van der Waals surface area contributed by atoms with Crippen molar-refractivity contribution in [3.63, 3.8) is 0 Å². The molecule has 48 heavy (non-hydrogen) atoms. The SMILES string of the molecule is CCCc1nn(-c2cc(-n3nc(CCC)c(N=Nc4snc(C)c4C(=O)OC)c3N)ncn2)c(N)c1N=Nc1snc(C)c1C(=O)CO. The molecule has 20 heteroatoms. The van der Waals surface area contributed by atoms with Gasteiger partial charge >= 0.3 is 5.97 Å². The Morgan fingerprint density at radius 3 is 1.77 bits per heavy atom. The van der Waals surface area contributed by atoms with Crippen molar-refractivity contribution in [2.24, 2.45) is 20.5 Å². The molecule has 0 atom stereocenters. The lowest BCUT2D eigenvalue weighted by Gasteiger charge is -2.06. The molecule has 250 valence electrons. The zero-order chi connectivity index (χ0) is 34.5. The molecule has 5 N–H and O–H groups in total. The van der Waals surface area contributed by atoms with E-state index in [1.807, 2.05) is 13.8 Å².